The molecule has 1 aromatic heterocycles. The normalized spacial score (nSPS) is 11.3. The molecule has 0 fully saturated rings. The number of sulfonamides is 1. The van der Waals surface area contributed by atoms with E-state index in [0.29, 0.717) is 5.56 Å². The number of non-ortho nitro benzene ring substituents is 1. The van der Waals surface area contributed by atoms with Crippen molar-refractivity contribution >= 4 is 21.4 Å². The lowest BCUT2D eigenvalue weighted by Crippen LogP contribution is -2.25. The van der Waals surface area contributed by atoms with Crippen LogP contribution in [0.15, 0.2) is 35.5 Å². The molecule has 0 radical (unpaired) electrons. The predicted molar refractivity (Wildman–Crippen MR) is 73.5 cm³/mol. The molecule has 1 aromatic carbocycles. The third kappa shape index (κ3) is 3.34. The highest BCUT2D eigenvalue weighted by atomic mass is 32.2. The lowest BCUT2D eigenvalue weighted by Gasteiger charge is -2.10. The van der Waals surface area contributed by atoms with E-state index in [1.807, 2.05) is 0 Å². The number of benzene rings is 1. The summed E-state index contributed by atoms with van der Waals surface area (Å²) in [5.41, 5.74) is 2.52. The molecule has 0 amide bonds. The van der Waals surface area contributed by atoms with E-state index in [2.05, 4.69) is 20.3 Å². The number of hydrogen-bond acceptors (Lipinski definition) is 7. The second-order valence-corrected chi connectivity index (χ2v) is 5.75. The molecule has 0 bridgehead atoms. The van der Waals surface area contributed by atoms with Crippen LogP contribution in [0.5, 0.6) is 0 Å². The van der Waals surface area contributed by atoms with Gasteiger partial charge in [-0.05, 0) is 6.07 Å². The largest absolute Gasteiger partial charge is 0.323 e. The zero-order valence-corrected chi connectivity index (χ0v) is 11.4. The van der Waals surface area contributed by atoms with E-state index in [1.165, 1.54) is 18.5 Å². The molecule has 2 rings (SSSR count). The third-order valence-corrected chi connectivity index (χ3v) is 4.08. The monoisotopic (exact) mass is 312 g/mol. The Morgan fingerprint density at radius 1 is 1.43 bits per heavy atom. The van der Waals surface area contributed by atoms with E-state index in [9.17, 15) is 18.5 Å². The van der Waals surface area contributed by atoms with Crippen molar-refractivity contribution in [2.45, 2.75) is 11.4 Å². The lowest BCUT2D eigenvalue weighted by atomic mass is 10.3. The first-order valence-corrected chi connectivity index (χ1v) is 7.15. The van der Waals surface area contributed by atoms with Gasteiger partial charge in [0.15, 0.2) is 0 Å². The average Bonchev–Trinajstić information content (AvgIpc) is 2.98. The van der Waals surface area contributed by atoms with Crippen molar-refractivity contribution < 1.29 is 13.3 Å². The number of H-pyrrole nitrogens is 1. The number of nitro groups is 1. The van der Waals surface area contributed by atoms with Crippen LogP contribution in [0.25, 0.3) is 0 Å². The molecule has 0 aliphatic carbocycles. The number of nitrogen functional groups attached to an aromatic ring is 1. The molecule has 11 heteroatoms. The van der Waals surface area contributed by atoms with E-state index in [1.54, 1.807) is 0 Å². The van der Waals surface area contributed by atoms with Crippen molar-refractivity contribution in [3.05, 3.63) is 46.3 Å². The molecule has 10 nitrogen and oxygen atoms in total. The number of anilines is 1. The minimum Gasteiger partial charge on any atom is -0.323 e. The second kappa shape index (κ2) is 5.87. The van der Waals surface area contributed by atoms with Crippen LogP contribution in [0, 0.1) is 10.1 Å². The molecule has 0 saturated carbocycles. The summed E-state index contributed by atoms with van der Waals surface area (Å²) in [7, 11) is -3.97. The van der Waals surface area contributed by atoms with E-state index in [4.69, 9.17) is 5.84 Å². The fraction of sp³-hybridized carbons (Fsp3) is 0.100. The number of aromatic nitrogens is 2. The number of rotatable bonds is 6. The molecule has 21 heavy (non-hydrogen) atoms. The molecule has 0 atom stereocenters. The van der Waals surface area contributed by atoms with E-state index < -0.39 is 14.9 Å². The van der Waals surface area contributed by atoms with Gasteiger partial charge < -0.3 is 5.43 Å². The average molecular weight is 312 g/mol. The molecule has 0 spiro atoms. The molecule has 0 aliphatic rings. The summed E-state index contributed by atoms with van der Waals surface area (Å²) in [6, 6.07) is 3.32. The van der Waals surface area contributed by atoms with Gasteiger partial charge in [0.25, 0.3) is 5.69 Å². The maximum absolute atomic E-state index is 12.2. The van der Waals surface area contributed by atoms with Crippen LogP contribution in [-0.2, 0) is 16.6 Å². The number of nitrogens with one attached hydrogen (secondary N) is 3. The third-order valence-electron chi connectivity index (χ3n) is 2.64. The Hall–Kier alpha value is -2.50. The van der Waals surface area contributed by atoms with E-state index in [0.717, 1.165) is 12.1 Å². The first-order valence-electron chi connectivity index (χ1n) is 5.66. The van der Waals surface area contributed by atoms with Gasteiger partial charge in [0.05, 0.1) is 16.8 Å². The molecule has 0 aliphatic heterocycles. The second-order valence-electron chi connectivity index (χ2n) is 4.01. The summed E-state index contributed by atoms with van der Waals surface area (Å²) < 4.78 is 26.8. The van der Waals surface area contributed by atoms with Crippen molar-refractivity contribution in [1.82, 2.24) is 14.9 Å². The fourth-order valence-electron chi connectivity index (χ4n) is 1.60. The van der Waals surface area contributed by atoms with Crippen LogP contribution in [0.3, 0.4) is 0 Å². The van der Waals surface area contributed by atoms with Gasteiger partial charge in [-0.2, -0.15) is 5.10 Å². The first-order chi connectivity index (χ1) is 9.94. The highest BCUT2D eigenvalue weighted by molar-refractivity contribution is 7.89. The summed E-state index contributed by atoms with van der Waals surface area (Å²) in [5.74, 6) is 5.24. The molecule has 112 valence electrons. The van der Waals surface area contributed by atoms with Crippen LogP contribution < -0.4 is 16.0 Å². The smallest absolute Gasteiger partial charge is 0.270 e. The maximum Gasteiger partial charge on any atom is 0.270 e. The highest BCUT2D eigenvalue weighted by Crippen LogP contribution is 2.25. The van der Waals surface area contributed by atoms with Crippen molar-refractivity contribution in [3.63, 3.8) is 0 Å². The van der Waals surface area contributed by atoms with E-state index in [-0.39, 0.29) is 22.8 Å². The summed E-state index contributed by atoms with van der Waals surface area (Å²) in [6.07, 6.45) is 2.98. The SMILES string of the molecule is NNc1ccc([N+](=O)[O-])cc1S(=O)(=O)NCc1cn[nH]c1. The van der Waals surface area contributed by atoms with Crippen molar-refractivity contribution in [2.75, 3.05) is 5.43 Å². The van der Waals surface area contributed by atoms with Crippen molar-refractivity contribution in [3.8, 4) is 0 Å². The Bertz CT molecular complexity index is 743. The van der Waals surface area contributed by atoms with Gasteiger partial charge >= 0.3 is 0 Å². The Labute approximate surface area is 119 Å². The van der Waals surface area contributed by atoms with Gasteiger partial charge in [-0.25, -0.2) is 13.1 Å². The van der Waals surface area contributed by atoms with Gasteiger partial charge in [0, 0.05) is 30.4 Å². The van der Waals surface area contributed by atoms with Crippen LogP contribution in [0.1, 0.15) is 5.56 Å². The predicted octanol–water partition coefficient (Wildman–Crippen LogP) is 0.0820. The Kier molecular flexibility index (Phi) is 4.16. The van der Waals surface area contributed by atoms with Crippen molar-refractivity contribution in [2.24, 2.45) is 5.84 Å². The van der Waals surface area contributed by atoms with Gasteiger partial charge in [-0.3, -0.25) is 21.1 Å². The summed E-state index contributed by atoms with van der Waals surface area (Å²) in [5, 5.41) is 17.0. The highest BCUT2D eigenvalue weighted by Gasteiger charge is 2.22. The van der Waals surface area contributed by atoms with Crippen molar-refractivity contribution in [1.29, 1.82) is 0 Å². The van der Waals surface area contributed by atoms with Gasteiger partial charge in [0.2, 0.25) is 10.0 Å². The van der Waals surface area contributed by atoms with Crippen LogP contribution in [0.2, 0.25) is 0 Å². The maximum atomic E-state index is 12.2. The summed E-state index contributed by atoms with van der Waals surface area (Å²) in [4.78, 5) is 9.76. The van der Waals surface area contributed by atoms with Crippen LogP contribution in [0.4, 0.5) is 11.4 Å². The van der Waals surface area contributed by atoms with Gasteiger partial charge in [-0.1, -0.05) is 0 Å². The van der Waals surface area contributed by atoms with Gasteiger partial charge in [0.1, 0.15) is 4.90 Å². The molecule has 2 aromatic rings. The van der Waals surface area contributed by atoms with E-state index >= 15 is 0 Å². The minimum absolute atomic E-state index is 0.00840. The first kappa shape index (κ1) is 14.9. The Morgan fingerprint density at radius 2 is 2.19 bits per heavy atom. The molecule has 1 heterocycles. The quantitative estimate of drug-likeness (QED) is 0.334. The zero-order valence-electron chi connectivity index (χ0n) is 10.6. The number of hydrogen-bond donors (Lipinski definition) is 4. The van der Waals surface area contributed by atoms with Crippen LogP contribution >= 0.6 is 0 Å². The Balaban J connectivity index is 2.33. The number of hydrazine groups is 1. The lowest BCUT2D eigenvalue weighted by molar-refractivity contribution is -0.385. The summed E-state index contributed by atoms with van der Waals surface area (Å²) in [6.45, 7) is -0.00840. The minimum atomic E-state index is -3.97. The molecule has 5 N–H and O–H groups in total. The number of nitrogens with two attached hydrogens (primary N) is 1. The fourth-order valence-corrected chi connectivity index (χ4v) is 2.80. The Morgan fingerprint density at radius 3 is 2.76 bits per heavy atom. The topological polar surface area (TPSA) is 156 Å². The molecule has 0 saturated heterocycles. The van der Waals surface area contributed by atoms with Crippen LogP contribution in [-0.4, -0.2) is 23.5 Å². The zero-order chi connectivity index (χ0) is 15.5. The molecular weight excluding hydrogens is 300 g/mol. The van der Waals surface area contributed by atoms with Gasteiger partial charge in [-0.15, -0.1) is 0 Å². The number of nitro benzene ring substituents is 1. The summed E-state index contributed by atoms with van der Waals surface area (Å²) >= 11 is 0. The number of aromatic amines is 1. The molecular formula is C10H12N6O4S. The molecule has 0 unspecified atom stereocenters. The number of nitrogens with zero attached hydrogens (tertiary/aromatic N) is 2. The standard InChI is InChI=1S/C10H12N6O4S/c11-15-9-2-1-8(16(17)18)3-10(9)21(19,20)14-6-7-4-12-13-5-7/h1-5,14-15H,6,11H2,(H,12,13).